The van der Waals surface area contributed by atoms with Crippen LogP contribution in [0.15, 0.2) is 12.3 Å². The van der Waals surface area contributed by atoms with Gasteiger partial charge in [0.05, 0.1) is 12.7 Å². The van der Waals surface area contributed by atoms with Crippen molar-refractivity contribution in [2.75, 3.05) is 20.3 Å². The second kappa shape index (κ2) is 5.00. The van der Waals surface area contributed by atoms with Crippen LogP contribution in [0, 0.1) is 0 Å². The van der Waals surface area contributed by atoms with E-state index >= 15 is 0 Å². The highest BCUT2D eigenvalue weighted by atomic mass is 16.5. The van der Waals surface area contributed by atoms with Crippen LogP contribution in [0.25, 0.3) is 0 Å². The Hall–Kier alpha value is -2.15. The van der Waals surface area contributed by atoms with Gasteiger partial charge < -0.3 is 14.6 Å². The maximum absolute atomic E-state index is 12.0. The summed E-state index contributed by atoms with van der Waals surface area (Å²) >= 11 is 0. The summed E-state index contributed by atoms with van der Waals surface area (Å²) in [6, 6.07) is 1.49. The van der Waals surface area contributed by atoms with E-state index in [0.717, 1.165) is 0 Å². The molecular weight excluding hydrogens is 276 g/mol. The maximum Gasteiger partial charge on any atom is 0.519 e. The third-order valence-corrected chi connectivity index (χ3v) is 3.80. The molecule has 2 heterocycles. The van der Waals surface area contributed by atoms with E-state index in [-0.39, 0.29) is 29.1 Å². The number of fused-ring (bicyclic) bond motifs is 1. The Morgan fingerprint density at radius 3 is 2.62 bits per heavy atom. The van der Waals surface area contributed by atoms with Crippen molar-refractivity contribution in [3.05, 3.63) is 17.8 Å². The standard InChI is InChI=1S/C14H18N2O5/c1-14(2,3)16(13(18)19)5-6-21-11-10(16)7-9(8-15-11)12(17)20-4/h7-8H,5-6H2,1-4H3/p+1. The number of amides is 1. The van der Waals surface area contributed by atoms with Gasteiger partial charge in [-0.25, -0.2) is 9.78 Å². The van der Waals surface area contributed by atoms with Gasteiger partial charge in [-0.15, -0.1) is 0 Å². The highest BCUT2D eigenvalue weighted by Crippen LogP contribution is 2.42. The number of carbonyl (C=O) groups is 2. The number of esters is 1. The quantitative estimate of drug-likeness (QED) is 0.630. The molecule has 1 aromatic heterocycles. The summed E-state index contributed by atoms with van der Waals surface area (Å²) in [5, 5.41) is 9.83. The van der Waals surface area contributed by atoms with E-state index in [1.807, 2.05) is 20.8 Å². The van der Waals surface area contributed by atoms with Crippen LogP contribution in [-0.2, 0) is 4.74 Å². The van der Waals surface area contributed by atoms with Crippen LogP contribution < -0.4 is 9.22 Å². The third kappa shape index (κ3) is 2.23. The van der Waals surface area contributed by atoms with E-state index in [2.05, 4.69) is 9.72 Å². The van der Waals surface area contributed by atoms with Gasteiger partial charge in [-0.05, 0) is 20.8 Å². The zero-order valence-electron chi connectivity index (χ0n) is 12.5. The number of quaternary nitrogens is 1. The molecule has 1 aromatic rings. The zero-order valence-corrected chi connectivity index (χ0v) is 12.5. The van der Waals surface area contributed by atoms with Crippen LogP contribution in [0.4, 0.5) is 10.5 Å². The first-order chi connectivity index (χ1) is 9.74. The number of hydrogen-bond donors (Lipinski definition) is 1. The number of ether oxygens (including phenoxy) is 2. The highest BCUT2D eigenvalue weighted by molar-refractivity contribution is 5.92. The molecule has 7 nitrogen and oxygen atoms in total. The molecule has 0 saturated carbocycles. The zero-order chi connectivity index (χ0) is 15.8. The van der Waals surface area contributed by atoms with Gasteiger partial charge in [0.15, 0.2) is 0 Å². The highest BCUT2D eigenvalue weighted by Gasteiger charge is 2.54. The first-order valence-corrected chi connectivity index (χ1v) is 6.57. The SMILES string of the molecule is COC(=O)c1cnc2c(c1)[N+](C(=O)O)(C(C)(C)C)CCO2. The van der Waals surface area contributed by atoms with Gasteiger partial charge in [-0.2, -0.15) is 9.28 Å². The summed E-state index contributed by atoms with van der Waals surface area (Å²) in [4.78, 5) is 27.8. The van der Waals surface area contributed by atoms with Crippen molar-refractivity contribution >= 4 is 17.7 Å². The Bertz CT molecular complexity index is 594. The van der Waals surface area contributed by atoms with Gasteiger partial charge in [0.1, 0.15) is 18.7 Å². The van der Waals surface area contributed by atoms with E-state index in [1.54, 1.807) is 0 Å². The van der Waals surface area contributed by atoms with Crippen molar-refractivity contribution in [1.29, 1.82) is 0 Å². The van der Waals surface area contributed by atoms with Crippen LogP contribution in [0.3, 0.4) is 0 Å². The van der Waals surface area contributed by atoms with Crippen molar-refractivity contribution in [3.63, 3.8) is 0 Å². The molecule has 0 aromatic carbocycles. The monoisotopic (exact) mass is 295 g/mol. The lowest BCUT2D eigenvalue weighted by Gasteiger charge is -2.44. The summed E-state index contributed by atoms with van der Waals surface area (Å²) in [7, 11) is 1.27. The lowest BCUT2D eigenvalue weighted by molar-refractivity contribution is 0.0593. The number of nitrogens with zero attached hydrogens (tertiary/aromatic N) is 2. The Labute approximate surface area is 122 Å². The molecule has 1 N–H and O–H groups in total. The van der Waals surface area contributed by atoms with E-state index in [0.29, 0.717) is 5.69 Å². The number of carbonyl (C=O) groups excluding carboxylic acids is 1. The lowest BCUT2D eigenvalue weighted by Crippen LogP contribution is -2.67. The molecule has 0 saturated heterocycles. The summed E-state index contributed by atoms with van der Waals surface area (Å²) in [6.07, 6.45) is 0.325. The fraction of sp³-hybridized carbons (Fsp3) is 0.500. The Morgan fingerprint density at radius 1 is 1.43 bits per heavy atom. The number of rotatable bonds is 1. The fourth-order valence-corrected chi connectivity index (χ4v) is 2.64. The molecule has 0 aliphatic carbocycles. The average molecular weight is 295 g/mol. The average Bonchev–Trinajstić information content (AvgIpc) is 2.43. The van der Waals surface area contributed by atoms with Crippen LogP contribution in [0.2, 0.25) is 0 Å². The Kier molecular flexibility index (Phi) is 3.63. The second-order valence-electron chi connectivity index (χ2n) is 5.88. The first kappa shape index (κ1) is 15.2. The van der Waals surface area contributed by atoms with Crippen LogP contribution in [0.1, 0.15) is 31.1 Å². The fourth-order valence-electron chi connectivity index (χ4n) is 2.64. The molecule has 1 atom stereocenters. The molecule has 0 fully saturated rings. The molecular formula is C14H19N2O5+. The van der Waals surface area contributed by atoms with Gasteiger partial charge in [-0.1, -0.05) is 0 Å². The summed E-state index contributed by atoms with van der Waals surface area (Å²) in [5.41, 5.74) is -0.0558. The molecule has 1 amide bonds. The number of methoxy groups -OCH3 is 1. The van der Waals surface area contributed by atoms with Crippen molar-refractivity contribution in [1.82, 2.24) is 9.47 Å². The van der Waals surface area contributed by atoms with Crippen molar-refractivity contribution in [3.8, 4) is 5.88 Å². The minimum atomic E-state index is -1.00. The second-order valence-corrected chi connectivity index (χ2v) is 5.88. The van der Waals surface area contributed by atoms with Crippen LogP contribution in [-0.4, -0.2) is 48.0 Å². The van der Waals surface area contributed by atoms with E-state index < -0.39 is 17.6 Å². The minimum Gasteiger partial charge on any atom is -0.467 e. The predicted octanol–water partition coefficient (Wildman–Crippen LogP) is 2.04. The molecule has 0 bridgehead atoms. The van der Waals surface area contributed by atoms with Gasteiger partial charge in [0.25, 0.3) is 5.88 Å². The van der Waals surface area contributed by atoms with Crippen molar-refractivity contribution in [2.45, 2.75) is 26.3 Å². The summed E-state index contributed by atoms with van der Waals surface area (Å²) in [6.45, 7) is 6.02. The normalized spacial score (nSPS) is 21.1. The first-order valence-electron chi connectivity index (χ1n) is 6.57. The molecule has 7 heteroatoms. The van der Waals surface area contributed by atoms with Gasteiger partial charge in [0, 0.05) is 12.3 Å². The summed E-state index contributed by atoms with van der Waals surface area (Å²) in [5.74, 6) is -0.320. The van der Waals surface area contributed by atoms with Gasteiger partial charge in [-0.3, -0.25) is 0 Å². The maximum atomic E-state index is 12.0. The van der Waals surface area contributed by atoms with Gasteiger partial charge in [0.2, 0.25) is 5.69 Å². The van der Waals surface area contributed by atoms with Crippen LogP contribution in [0.5, 0.6) is 5.88 Å². The molecule has 1 aliphatic heterocycles. The van der Waals surface area contributed by atoms with Crippen molar-refractivity contribution < 1.29 is 24.2 Å². The smallest absolute Gasteiger partial charge is 0.467 e. The molecule has 1 aliphatic rings. The summed E-state index contributed by atoms with van der Waals surface area (Å²) < 4.78 is 9.77. The number of carboxylic acid groups (broad SMARTS) is 1. The van der Waals surface area contributed by atoms with E-state index in [9.17, 15) is 14.7 Å². The largest absolute Gasteiger partial charge is 0.519 e. The number of hydrogen-bond acceptors (Lipinski definition) is 5. The molecule has 0 spiro atoms. The minimum absolute atomic E-state index is 0.203. The Balaban J connectivity index is 2.70. The molecule has 0 radical (unpaired) electrons. The molecule has 21 heavy (non-hydrogen) atoms. The van der Waals surface area contributed by atoms with E-state index in [4.69, 9.17) is 4.74 Å². The van der Waals surface area contributed by atoms with Crippen molar-refractivity contribution in [2.24, 2.45) is 0 Å². The topological polar surface area (TPSA) is 85.7 Å². The molecule has 114 valence electrons. The Morgan fingerprint density at radius 2 is 2.10 bits per heavy atom. The predicted molar refractivity (Wildman–Crippen MR) is 75.5 cm³/mol. The molecule has 2 rings (SSSR count). The third-order valence-electron chi connectivity index (χ3n) is 3.80. The van der Waals surface area contributed by atoms with E-state index in [1.165, 1.54) is 19.4 Å². The number of aromatic nitrogens is 1. The number of pyridine rings is 1. The van der Waals surface area contributed by atoms with Gasteiger partial charge >= 0.3 is 12.1 Å². The molecule has 1 unspecified atom stereocenters. The van der Waals surface area contributed by atoms with Crippen LogP contribution >= 0.6 is 0 Å². The lowest BCUT2D eigenvalue weighted by atomic mass is 9.99.